The molecule has 0 fully saturated rings. The van der Waals surface area contributed by atoms with Crippen molar-refractivity contribution in [1.82, 2.24) is 9.97 Å². The van der Waals surface area contributed by atoms with Gasteiger partial charge in [-0.3, -0.25) is 0 Å². The number of hydrogen-bond acceptors (Lipinski definition) is 2. The molecule has 0 N–H and O–H groups in total. The third-order valence-corrected chi connectivity index (χ3v) is 2.04. The van der Waals surface area contributed by atoms with Crippen LogP contribution >= 0.6 is 11.6 Å². The molecule has 2 rings (SSSR count). The van der Waals surface area contributed by atoms with Crippen molar-refractivity contribution >= 4 is 22.5 Å². The lowest BCUT2D eigenvalue weighted by Gasteiger charge is -1.98. The summed E-state index contributed by atoms with van der Waals surface area (Å²) in [5, 5.41) is 1.43. The third kappa shape index (κ3) is 2.20. The summed E-state index contributed by atoms with van der Waals surface area (Å²) in [6, 6.07) is 5.93. The Morgan fingerprint density at radius 2 is 1.86 bits per heavy atom. The number of aryl methyl sites for hydroxylation is 1. The van der Waals surface area contributed by atoms with Gasteiger partial charge in [-0.25, -0.2) is 9.97 Å². The average Bonchev–Trinajstić information content (AvgIpc) is 2.22. The highest BCUT2D eigenvalue weighted by Gasteiger charge is 1.99. The molecule has 0 saturated heterocycles. The molecule has 2 nitrogen and oxygen atoms in total. The van der Waals surface area contributed by atoms with Gasteiger partial charge in [0.15, 0.2) is 0 Å². The average molecular weight is 209 g/mol. The molecule has 0 aliphatic heterocycles. The lowest BCUT2D eigenvalue weighted by molar-refractivity contribution is 1.22. The SMILES string of the molecule is CC.Cc1ccc2ncnc(Cl)c2c1. The van der Waals surface area contributed by atoms with E-state index in [4.69, 9.17) is 11.6 Å². The number of aromatic nitrogens is 2. The first-order chi connectivity index (χ1) is 6.77. The fraction of sp³-hybridized carbons (Fsp3) is 0.273. The van der Waals surface area contributed by atoms with Crippen molar-refractivity contribution in [2.75, 3.05) is 0 Å². The minimum atomic E-state index is 0.517. The van der Waals surface area contributed by atoms with Gasteiger partial charge >= 0.3 is 0 Å². The molecule has 3 heteroatoms. The molecular weight excluding hydrogens is 196 g/mol. The van der Waals surface area contributed by atoms with Crippen LogP contribution in [0.1, 0.15) is 19.4 Å². The van der Waals surface area contributed by atoms with Crippen molar-refractivity contribution < 1.29 is 0 Å². The summed E-state index contributed by atoms with van der Waals surface area (Å²) in [6.45, 7) is 6.02. The zero-order valence-electron chi connectivity index (χ0n) is 8.58. The number of halogens is 1. The molecular formula is C11H13ClN2. The van der Waals surface area contributed by atoms with E-state index in [0.29, 0.717) is 5.15 Å². The predicted molar refractivity (Wildman–Crippen MR) is 60.6 cm³/mol. The maximum atomic E-state index is 5.88. The largest absolute Gasteiger partial charge is 0.236 e. The molecule has 0 atom stereocenters. The quantitative estimate of drug-likeness (QED) is 0.618. The highest BCUT2D eigenvalue weighted by Crippen LogP contribution is 2.19. The van der Waals surface area contributed by atoms with Crippen LogP contribution in [0.3, 0.4) is 0 Å². The Morgan fingerprint density at radius 1 is 1.14 bits per heavy atom. The van der Waals surface area contributed by atoms with Gasteiger partial charge in [-0.15, -0.1) is 0 Å². The normalized spacial score (nSPS) is 9.43. The van der Waals surface area contributed by atoms with E-state index in [-0.39, 0.29) is 0 Å². The van der Waals surface area contributed by atoms with Crippen LogP contribution in [0.5, 0.6) is 0 Å². The zero-order valence-corrected chi connectivity index (χ0v) is 9.34. The van der Waals surface area contributed by atoms with Crippen molar-refractivity contribution in [3.63, 3.8) is 0 Å². The highest BCUT2D eigenvalue weighted by atomic mass is 35.5. The first kappa shape index (κ1) is 10.9. The molecule has 1 aromatic heterocycles. The standard InChI is InChI=1S/C9H7ClN2.C2H6/c1-6-2-3-8-7(4-6)9(10)12-5-11-8;1-2/h2-5H,1H3;1-2H3. The number of fused-ring (bicyclic) bond motifs is 1. The molecule has 1 aromatic carbocycles. The molecule has 0 saturated carbocycles. The summed E-state index contributed by atoms with van der Waals surface area (Å²) in [6.07, 6.45) is 1.47. The molecule has 0 unspecified atom stereocenters. The van der Waals surface area contributed by atoms with Crippen LogP contribution in [-0.4, -0.2) is 9.97 Å². The smallest absolute Gasteiger partial charge is 0.140 e. The maximum Gasteiger partial charge on any atom is 0.140 e. The van der Waals surface area contributed by atoms with Crippen molar-refractivity contribution in [3.8, 4) is 0 Å². The monoisotopic (exact) mass is 208 g/mol. The summed E-state index contributed by atoms with van der Waals surface area (Å²) < 4.78 is 0. The Labute approximate surface area is 89.0 Å². The Hall–Kier alpha value is -1.15. The third-order valence-electron chi connectivity index (χ3n) is 1.74. The van der Waals surface area contributed by atoms with E-state index in [1.807, 2.05) is 39.0 Å². The molecule has 74 valence electrons. The van der Waals surface area contributed by atoms with Gasteiger partial charge in [0.1, 0.15) is 11.5 Å². The molecule has 0 amide bonds. The van der Waals surface area contributed by atoms with Crippen molar-refractivity contribution in [2.24, 2.45) is 0 Å². The molecule has 0 radical (unpaired) electrons. The zero-order chi connectivity index (χ0) is 10.6. The van der Waals surface area contributed by atoms with Crippen LogP contribution in [0.2, 0.25) is 5.15 Å². The molecule has 0 aliphatic carbocycles. The fourth-order valence-corrected chi connectivity index (χ4v) is 1.33. The van der Waals surface area contributed by atoms with Crippen molar-refractivity contribution in [2.45, 2.75) is 20.8 Å². The van der Waals surface area contributed by atoms with Crippen LogP contribution < -0.4 is 0 Å². The van der Waals surface area contributed by atoms with Crippen LogP contribution in [0.15, 0.2) is 24.5 Å². The molecule has 1 heterocycles. The van der Waals surface area contributed by atoms with Gasteiger partial charge in [0.05, 0.1) is 5.52 Å². The number of hydrogen-bond donors (Lipinski definition) is 0. The van der Waals surface area contributed by atoms with Crippen molar-refractivity contribution in [3.05, 3.63) is 35.2 Å². The molecule has 2 aromatic rings. The second kappa shape index (κ2) is 4.91. The molecule has 0 bridgehead atoms. The fourth-order valence-electron chi connectivity index (χ4n) is 1.14. The predicted octanol–water partition coefficient (Wildman–Crippen LogP) is 3.62. The van der Waals surface area contributed by atoms with Crippen LogP contribution in [0.4, 0.5) is 0 Å². The Balaban J connectivity index is 0.000000461. The number of benzene rings is 1. The Kier molecular flexibility index (Phi) is 3.84. The van der Waals surface area contributed by atoms with E-state index in [1.165, 1.54) is 11.9 Å². The first-order valence-corrected chi connectivity index (χ1v) is 5.02. The van der Waals surface area contributed by atoms with Gasteiger partial charge in [0, 0.05) is 5.39 Å². The topological polar surface area (TPSA) is 25.8 Å². The van der Waals surface area contributed by atoms with Crippen LogP contribution in [-0.2, 0) is 0 Å². The minimum Gasteiger partial charge on any atom is -0.236 e. The maximum absolute atomic E-state index is 5.88. The molecule has 0 aliphatic rings. The lowest BCUT2D eigenvalue weighted by Crippen LogP contribution is -1.83. The summed E-state index contributed by atoms with van der Waals surface area (Å²) in [4.78, 5) is 7.99. The first-order valence-electron chi connectivity index (χ1n) is 4.64. The van der Waals surface area contributed by atoms with Gasteiger partial charge < -0.3 is 0 Å². The summed E-state index contributed by atoms with van der Waals surface area (Å²) in [5.74, 6) is 0. The highest BCUT2D eigenvalue weighted by molar-refractivity contribution is 6.34. The summed E-state index contributed by atoms with van der Waals surface area (Å²) in [7, 11) is 0. The second-order valence-corrected chi connectivity index (χ2v) is 3.04. The Bertz CT molecular complexity index is 427. The van der Waals surface area contributed by atoms with E-state index < -0.39 is 0 Å². The van der Waals surface area contributed by atoms with Gasteiger partial charge in [-0.05, 0) is 19.1 Å². The summed E-state index contributed by atoms with van der Waals surface area (Å²) >= 11 is 5.88. The van der Waals surface area contributed by atoms with E-state index in [9.17, 15) is 0 Å². The summed E-state index contributed by atoms with van der Waals surface area (Å²) in [5.41, 5.74) is 2.06. The van der Waals surface area contributed by atoms with Gasteiger partial charge in [0.25, 0.3) is 0 Å². The van der Waals surface area contributed by atoms with E-state index in [1.54, 1.807) is 0 Å². The number of nitrogens with zero attached hydrogens (tertiary/aromatic N) is 2. The van der Waals surface area contributed by atoms with E-state index in [2.05, 4.69) is 9.97 Å². The van der Waals surface area contributed by atoms with Gasteiger partial charge in [0.2, 0.25) is 0 Å². The minimum absolute atomic E-state index is 0.517. The lowest BCUT2D eigenvalue weighted by atomic mass is 10.2. The van der Waals surface area contributed by atoms with Crippen LogP contribution in [0, 0.1) is 6.92 Å². The van der Waals surface area contributed by atoms with Gasteiger partial charge in [-0.2, -0.15) is 0 Å². The van der Waals surface area contributed by atoms with E-state index in [0.717, 1.165) is 10.9 Å². The van der Waals surface area contributed by atoms with Gasteiger partial charge in [-0.1, -0.05) is 37.1 Å². The number of rotatable bonds is 0. The Morgan fingerprint density at radius 3 is 2.57 bits per heavy atom. The van der Waals surface area contributed by atoms with Crippen molar-refractivity contribution in [1.29, 1.82) is 0 Å². The molecule has 14 heavy (non-hydrogen) atoms. The van der Waals surface area contributed by atoms with E-state index >= 15 is 0 Å². The second-order valence-electron chi connectivity index (χ2n) is 2.69. The van der Waals surface area contributed by atoms with Crippen LogP contribution in [0.25, 0.3) is 10.9 Å². The molecule has 0 spiro atoms.